The molecule has 9 heteroatoms. The van der Waals surface area contributed by atoms with Gasteiger partial charge in [0.15, 0.2) is 0 Å². The third-order valence-electron chi connectivity index (χ3n) is 4.79. The Labute approximate surface area is 169 Å². The zero-order chi connectivity index (χ0) is 19.8. The third-order valence-corrected chi connectivity index (χ3v) is 6.21. The van der Waals surface area contributed by atoms with Crippen LogP contribution < -0.4 is 11.1 Å². The second-order valence-corrected chi connectivity index (χ2v) is 8.26. The molecule has 0 radical (unpaired) electrons. The summed E-state index contributed by atoms with van der Waals surface area (Å²) in [6, 6.07) is 9.35. The predicted molar refractivity (Wildman–Crippen MR) is 115 cm³/mol. The minimum absolute atomic E-state index is 0.0973. The van der Waals surface area contributed by atoms with Crippen LogP contribution in [-0.2, 0) is 6.42 Å². The van der Waals surface area contributed by atoms with Crippen LogP contribution in [0.2, 0.25) is 0 Å². The SMILES string of the molecule is CC(SS)n1ncn2cc(CC(C)n3c(=O)cnc4ccccc43)cc2c1=O. The molecular weight excluding hydrogens is 394 g/mol. The summed E-state index contributed by atoms with van der Waals surface area (Å²) in [5.41, 5.74) is 2.79. The maximum atomic E-state index is 12.7. The second-order valence-electron chi connectivity index (χ2n) is 6.73. The molecule has 3 aromatic heterocycles. The first-order chi connectivity index (χ1) is 13.5. The summed E-state index contributed by atoms with van der Waals surface area (Å²) in [5, 5.41) is 4.05. The molecule has 2 atom stereocenters. The molecule has 144 valence electrons. The number of para-hydroxylation sites is 2. The van der Waals surface area contributed by atoms with E-state index < -0.39 is 0 Å². The molecule has 0 fully saturated rings. The van der Waals surface area contributed by atoms with Crippen LogP contribution in [-0.4, -0.2) is 23.7 Å². The van der Waals surface area contributed by atoms with E-state index in [2.05, 4.69) is 21.7 Å². The van der Waals surface area contributed by atoms with Crippen LogP contribution in [0.5, 0.6) is 0 Å². The summed E-state index contributed by atoms with van der Waals surface area (Å²) >= 11 is 4.17. The fourth-order valence-corrected chi connectivity index (χ4v) is 3.98. The zero-order valence-electron chi connectivity index (χ0n) is 15.4. The number of benzene rings is 1. The van der Waals surface area contributed by atoms with Crippen molar-refractivity contribution in [1.82, 2.24) is 23.7 Å². The zero-order valence-corrected chi connectivity index (χ0v) is 17.1. The van der Waals surface area contributed by atoms with E-state index in [9.17, 15) is 9.59 Å². The van der Waals surface area contributed by atoms with Crippen molar-refractivity contribution in [2.24, 2.45) is 0 Å². The number of hydrogen-bond donors (Lipinski definition) is 1. The average molecular weight is 414 g/mol. The summed E-state index contributed by atoms with van der Waals surface area (Å²) in [5.74, 6) is 0. The van der Waals surface area contributed by atoms with Gasteiger partial charge < -0.3 is 8.97 Å². The van der Waals surface area contributed by atoms with Crippen LogP contribution in [0.25, 0.3) is 16.6 Å². The van der Waals surface area contributed by atoms with E-state index in [-0.39, 0.29) is 22.5 Å². The van der Waals surface area contributed by atoms with Gasteiger partial charge in [-0.05, 0) is 44.0 Å². The van der Waals surface area contributed by atoms with Gasteiger partial charge in [-0.25, -0.2) is 9.67 Å². The van der Waals surface area contributed by atoms with Gasteiger partial charge in [-0.1, -0.05) is 22.9 Å². The molecule has 0 aliphatic rings. The Balaban J connectivity index is 1.73. The monoisotopic (exact) mass is 413 g/mol. The lowest BCUT2D eigenvalue weighted by molar-refractivity contribution is 0.543. The smallest absolute Gasteiger partial charge is 0.292 e. The lowest BCUT2D eigenvalue weighted by Crippen LogP contribution is -2.25. The highest BCUT2D eigenvalue weighted by atomic mass is 33.1. The Kier molecular flexibility index (Phi) is 5.03. The van der Waals surface area contributed by atoms with Crippen molar-refractivity contribution < 1.29 is 0 Å². The van der Waals surface area contributed by atoms with Crippen LogP contribution in [0.4, 0.5) is 0 Å². The number of rotatable bonds is 5. The lowest BCUT2D eigenvalue weighted by atomic mass is 10.1. The molecule has 0 saturated carbocycles. The summed E-state index contributed by atoms with van der Waals surface area (Å²) in [7, 11) is 1.26. The molecule has 4 aromatic rings. The van der Waals surface area contributed by atoms with E-state index in [1.807, 2.05) is 50.4 Å². The van der Waals surface area contributed by atoms with E-state index in [1.165, 1.54) is 21.7 Å². The first-order valence-electron chi connectivity index (χ1n) is 8.84. The van der Waals surface area contributed by atoms with Crippen molar-refractivity contribution in [3.8, 4) is 0 Å². The molecule has 0 N–H and O–H groups in total. The van der Waals surface area contributed by atoms with Crippen molar-refractivity contribution in [3.05, 3.63) is 75.3 Å². The first-order valence-corrected chi connectivity index (χ1v) is 10.8. The summed E-state index contributed by atoms with van der Waals surface area (Å²) < 4.78 is 4.89. The van der Waals surface area contributed by atoms with Crippen molar-refractivity contribution in [1.29, 1.82) is 0 Å². The van der Waals surface area contributed by atoms with Gasteiger partial charge in [-0.15, -0.1) is 11.7 Å². The van der Waals surface area contributed by atoms with E-state index in [0.717, 1.165) is 16.6 Å². The summed E-state index contributed by atoms with van der Waals surface area (Å²) in [6.45, 7) is 3.86. The quantitative estimate of drug-likeness (QED) is 0.402. The number of hydrogen-bond acceptors (Lipinski definition) is 6. The van der Waals surface area contributed by atoms with E-state index >= 15 is 0 Å². The van der Waals surface area contributed by atoms with Gasteiger partial charge in [0.1, 0.15) is 17.2 Å². The van der Waals surface area contributed by atoms with Crippen molar-refractivity contribution in [2.45, 2.75) is 31.7 Å². The van der Waals surface area contributed by atoms with Gasteiger partial charge in [0.2, 0.25) is 0 Å². The molecule has 0 saturated heterocycles. The third kappa shape index (κ3) is 3.24. The summed E-state index contributed by atoms with van der Waals surface area (Å²) in [6.07, 6.45) is 5.47. The molecule has 28 heavy (non-hydrogen) atoms. The Morgan fingerprint density at radius 3 is 2.75 bits per heavy atom. The molecule has 4 rings (SSSR count). The van der Waals surface area contributed by atoms with Gasteiger partial charge in [-0.2, -0.15) is 5.10 Å². The largest absolute Gasteiger partial charge is 0.302 e. The molecule has 7 nitrogen and oxygen atoms in total. The Morgan fingerprint density at radius 2 is 1.96 bits per heavy atom. The fourth-order valence-electron chi connectivity index (χ4n) is 3.47. The maximum Gasteiger partial charge on any atom is 0.292 e. The van der Waals surface area contributed by atoms with Gasteiger partial charge >= 0.3 is 0 Å². The van der Waals surface area contributed by atoms with E-state index in [4.69, 9.17) is 0 Å². The molecule has 0 spiro atoms. The average Bonchev–Trinajstić information content (AvgIpc) is 3.11. The maximum absolute atomic E-state index is 12.7. The molecule has 0 aliphatic heterocycles. The van der Waals surface area contributed by atoms with Gasteiger partial charge in [0, 0.05) is 12.2 Å². The highest BCUT2D eigenvalue weighted by Crippen LogP contribution is 2.23. The molecule has 0 aliphatic carbocycles. The topological polar surface area (TPSA) is 74.2 Å². The highest BCUT2D eigenvalue weighted by molar-refractivity contribution is 8.68. The van der Waals surface area contributed by atoms with Gasteiger partial charge in [-0.3, -0.25) is 9.59 Å². The summed E-state index contributed by atoms with van der Waals surface area (Å²) in [4.78, 5) is 29.4. The number of thiol groups is 1. The number of nitrogens with zero attached hydrogens (tertiary/aromatic N) is 5. The number of aromatic nitrogens is 5. The Hall–Kier alpha value is -2.52. The Morgan fingerprint density at radius 1 is 1.18 bits per heavy atom. The van der Waals surface area contributed by atoms with Crippen molar-refractivity contribution in [2.75, 3.05) is 0 Å². The molecule has 0 amide bonds. The van der Waals surface area contributed by atoms with Crippen LogP contribution in [0.15, 0.2) is 58.6 Å². The number of fused-ring (bicyclic) bond motifs is 2. The van der Waals surface area contributed by atoms with Crippen LogP contribution in [0.1, 0.15) is 30.8 Å². The normalized spacial score (nSPS) is 13.8. The van der Waals surface area contributed by atoms with Crippen molar-refractivity contribution in [3.63, 3.8) is 0 Å². The van der Waals surface area contributed by atoms with E-state index in [1.54, 1.807) is 15.3 Å². The second kappa shape index (κ2) is 7.48. The fraction of sp³-hybridized carbons (Fsp3) is 0.263. The van der Waals surface area contributed by atoms with E-state index in [0.29, 0.717) is 11.9 Å². The van der Waals surface area contributed by atoms with Crippen LogP contribution in [0, 0.1) is 0 Å². The highest BCUT2D eigenvalue weighted by Gasteiger charge is 2.15. The Bertz CT molecular complexity index is 1280. The molecule has 1 aromatic carbocycles. The van der Waals surface area contributed by atoms with Gasteiger partial charge in [0.25, 0.3) is 11.1 Å². The lowest BCUT2D eigenvalue weighted by Gasteiger charge is -2.16. The predicted octanol–water partition coefficient (Wildman–Crippen LogP) is 3.11. The minimum atomic E-state index is -0.167. The molecule has 2 unspecified atom stereocenters. The first kappa shape index (κ1) is 18.8. The molecule has 0 bridgehead atoms. The van der Waals surface area contributed by atoms with Crippen molar-refractivity contribution >= 4 is 39.0 Å². The molecule has 3 heterocycles. The van der Waals surface area contributed by atoms with Crippen LogP contribution in [0.3, 0.4) is 0 Å². The standard InChI is InChI=1S/C19H19N5O2S2/c1-12(23-16-6-4-3-5-15(16)20-9-18(23)25)7-14-8-17-19(26)24(13(2)28-27)21-11-22(17)10-14/h3-6,8-13,27H,7H2,1-2H3. The minimum Gasteiger partial charge on any atom is -0.302 e. The molecular formula is C19H19N5O2S2. The van der Waals surface area contributed by atoms with Crippen LogP contribution >= 0.6 is 22.5 Å². The van der Waals surface area contributed by atoms with Gasteiger partial charge in [0.05, 0.1) is 17.2 Å².